The summed E-state index contributed by atoms with van der Waals surface area (Å²) in [4.78, 5) is 24.1. The highest BCUT2D eigenvalue weighted by atomic mass is 16.8. The van der Waals surface area contributed by atoms with Crippen molar-refractivity contribution < 1.29 is 134 Å². The molecule has 29 nitrogen and oxygen atoms in total. The molecule has 25 atom stereocenters. The second-order valence-electron chi connectivity index (χ2n) is 16.4. The summed E-state index contributed by atoms with van der Waals surface area (Å²) in [6, 6.07) is -1.75. The van der Waals surface area contributed by atoms with Gasteiger partial charge in [-0.1, -0.05) is 0 Å². The fourth-order valence-corrected chi connectivity index (χ4v) is 8.16. The Morgan fingerprint density at radius 1 is 0.485 bits per heavy atom. The summed E-state index contributed by atoms with van der Waals surface area (Å²) in [5.74, 6) is -2.61. The molecule has 0 aliphatic carbocycles. The number of unbranched alkanes of at least 4 members (excludes halogenated alkanes) is 2. The molecule has 5 fully saturated rings. The molecule has 0 aromatic rings. The van der Waals surface area contributed by atoms with Crippen molar-refractivity contribution in [1.29, 1.82) is 0 Å². The maximum atomic E-state index is 12.5. The third-order valence-electron chi connectivity index (χ3n) is 11.8. The molecule has 0 bridgehead atoms. The van der Waals surface area contributed by atoms with Crippen LogP contribution in [-0.4, -0.2) is 282 Å². The highest BCUT2D eigenvalue weighted by Crippen LogP contribution is 2.36. The molecule has 1 amide bonds. The van der Waals surface area contributed by atoms with E-state index in [2.05, 4.69) is 5.32 Å². The van der Waals surface area contributed by atoms with Gasteiger partial charge >= 0.3 is 5.97 Å². The molecule has 5 aliphatic heterocycles. The quantitative estimate of drug-likeness (QED) is 0.0504. The minimum atomic E-state index is -2.19. The number of amides is 1. The molecule has 0 radical (unpaired) electrons. The summed E-state index contributed by atoms with van der Waals surface area (Å²) in [7, 11) is 0. The van der Waals surface area contributed by atoms with E-state index in [1.165, 1.54) is 0 Å². The van der Waals surface area contributed by atoms with Crippen LogP contribution in [0.2, 0.25) is 0 Å². The number of aliphatic hydroxyl groups is 14. The first-order valence-corrected chi connectivity index (χ1v) is 21.3. The number of carboxylic acids is 1. The Morgan fingerprint density at radius 2 is 0.924 bits per heavy atom. The van der Waals surface area contributed by atoms with Crippen molar-refractivity contribution in [3.63, 3.8) is 0 Å². The van der Waals surface area contributed by atoms with Crippen LogP contribution in [0.3, 0.4) is 0 Å². The van der Waals surface area contributed by atoms with Crippen molar-refractivity contribution in [2.24, 2.45) is 5.73 Å². The number of hydrogen-bond donors (Lipinski definition) is 17. The van der Waals surface area contributed by atoms with Gasteiger partial charge in [0.1, 0.15) is 116 Å². The van der Waals surface area contributed by atoms with E-state index in [1.54, 1.807) is 0 Å². The van der Waals surface area contributed by atoms with Crippen LogP contribution < -0.4 is 11.1 Å². The zero-order valence-electron chi connectivity index (χ0n) is 35.5. The zero-order chi connectivity index (χ0) is 48.7. The van der Waals surface area contributed by atoms with Gasteiger partial charge in [0.15, 0.2) is 37.6 Å². The molecule has 0 unspecified atom stereocenters. The van der Waals surface area contributed by atoms with E-state index >= 15 is 0 Å². The Bertz CT molecular complexity index is 1510. The predicted octanol–water partition coefficient (Wildman–Crippen LogP) is -10.5. The lowest BCUT2D eigenvalue weighted by Crippen LogP contribution is -2.70. The minimum Gasteiger partial charge on any atom is -0.479 e. The van der Waals surface area contributed by atoms with E-state index < -0.39 is 192 Å². The molecule has 5 saturated heterocycles. The summed E-state index contributed by atoms with van der Waals surface area (Å²) in [6.45, 7) is -2.18. The lowest BCUT2D eigenvalue weighted by Gasteiger charge is -2.50. The molecule has 66 heavy (non-hydrogen) atoms. The van der Waals surface area contributed by atoms with Crippen LogP contribution in [0.1, 0.15) is 26.2 Å². The molecule has 0 aromatic heterocycles. The third kappa shape index (κ3) is 12.3. The van der Waals surface area contributed by atoms with Crippen molar-refractivity contribution in [2.45, 2.75) is 180 Å². The van der Waals surface area contributed by atoms with Gasteiger partial charge in [-0.05, 0) is 25.8 Å². The lowest BCUT2D eigenvalue weighted by atomic mass is 9.94. The second kappa shape index (κ2) is 24.7. The summed E-state index contributed by atoms with van der Waals surface area (Å²) < 4.78 is 56.3. The van der Waals surface area contributed by atoms with Gasteiger partial charge in [-0.2, -0.15) is 0 Å². The fraction of sp³-hybridized carbons (Fsp3) is 0.946. The van der Waals surface area contributed by atoms with Gasteiger partial charge in [0.2, 0.25) is 5.91 Å². The van der Waals surface area contributed by atoms with Gasteiger partial charge in [0.25, 0.3) is 0 Å². The standard InChI is InChI=1S/C37H64N2O27/c1-11(44)39-16-19(47)27(62-36-26(54)30(18(46)13(8-41)58-36)65-35-23(51)20(48)21(49)31(66-35)32(55)56)14(9-42)60-33(16)64-29-17(45)12(7-40)59-37(25(29)53)63-28-15(10-43)61-34(24(52)22(28)50)57-6-4-2-3-5-38/h12-31,33-37,40-43,45-54H,2-10,38H2,1H3,(H,39,44)(H,55,56)/t12-,13-,14-,15-,16-,17+,18+,19-,20+,21+,22-,23-,24-,25-,26-,27-,28-,29+,30+,31+,33+,34-,35-,36+,37+/m1/s1. The summed E-state index contributed by atoms with van der Waals surface area (Å²) >= 11 is 0. The summed E-state index contributed by atoms with van der Waals surface area (Å²) in [5, 5.41) is 162. The highest BCUT2D eigenvalue weighted by Gasteiger charge is 2.57. The second-order valence-corrected chi connectivity index (χ2v) is 16.4. The number of aliphatic hydroxyl groups excluding tert-OH is 14. The molecule has 0 saturated carbocycles. The molecule has 5 heterocycles. The Kier molecular flexibility index (Phi) is 20.5. The van der Waals surface area contributed by atoms with Crippen LogP contribution in [0.4, 0.5) is 0 Å². The van der Waals surface area contributed by atoms with Crippen LogP contribution in [0.15, 0.2) is 0 Å². The topological polar surface area (TPSA) is 468 Å². The van der Waals surface area contributed by atoms with Gasteiger partial charge in [0, 0.05) is 13.5 Å². The van der Waals surface area contributed by atoms with E-state index in [1.807, 2.05) is 0 Å². The van der Waals surface area contributed by atoms with Crippen LogP contribution >= 0.6 is 0 Å². The maximum absolute atomic E-state index is 12.5. The van der Waals surface area contributed by atoms with Crippen molar-refractivity contribution in [2.75, 3.05) is 39.6 Å². The minimum absolute atomic E-state index is 0.110. The summed E-state index contributed by atoms with van der Waals surface area (Å²) in [6.07, 6.45) is -43.6. The van der Waals surface area contributed by atoms with Crippen molar-refractivity contribution >= 4 is 11.9 Å². The van der Waals surface area contributed by atoms with E-state index in [0.29, 0.717) is 19.4 Å². The smallest absolute Gasteiger partial charge is 0.335 e. The fourth-order valence-electron chi connectivity index (χ4n) is 8.16. The van der Waals surface area contributed by atoms with Gasteiger partial charge in [-0.3, -0.25) is 4.79 Å². The SMILES string of the molecule is CC(=O)N[C@H]1[C@H](O[C@H]2[C@@H](O)[C@@H](CO)O[C@@H](O[C@H]3[C@H](O)[C@@H](O)[C@H](OCCCCCN)O[C@@H]3CO)[C@@H]2O)O[C@H](CO)[C@@H](O[C@@H]2O[C@H](CO)[C@H](O)[C@H](O[C@@H]3O[C@H](C(=O)O)[C@@H](O)[C@H](O)[C@H]3O)[C@H]2O)[C@@H]1O. The highest BCUT2D eigenvalue weighted by molar-refractivity contribution is 5.73. The normalized spacial score (nSPS) is 46.8. The number of aliphatic carboxylic acids is 1. The molecule has 0 spiro atoms. The van der Waals surface area contributed by atoms with Gasteiger partial charge < -0.3 is 135 Å². The zero-order valence-corrected chi connectivity index (χ0v) is 35.5. The van der Waals surface area contributed by atoms with E-state index in [4.69, 9.17) is 53.1 Å². The predicted molar refractivity (Wildman–Crippen MR) is 205 cm³/mol. The van der Waals surface area contributed by atoms with E-state index in [0.717, 1.165) is 13.3 Å². The number of rotatable bonds is 20. The number of carboxylic acid groups (broad SMARTS) is 1. The molecule has 384 valence electrons. The van der Waals surface area contributed by atoms with Crippen LogP contribution in [0, 0.1) is 0 Å². The average Bonchev–Trinajstić information content (AvgIpc) is 3.28. The van der Waals surface area contributed by atoms with Crippen molar-refractivity contribution in [3.8, 4) is 0 Å². The van der Waals surface area contributed by atoms with Crippen molar-refractivity contribution in [1.82, 2.24) is 5.32 Å². The maximum Gasteiger partial charge on any atom is 0.335 e. The monoisotopic (exact) mass is 968 g/mol. The Hall–Kier alpha value is -2.06. The number of carbonyl (C=O) groups is 2. The average molecular weight is 969 g/mol. The molecular formula is C37H64N2O27. The van der Waals surface area contributed by atoms with E-state index in [-0.39, 0.29) is 6.61 Å². The first-order chi connectivity index (χ1) is 31.3. The molecule has 0 aromatic carbocycles. The number of nitrogens with one attached hydrogen (secondary N) is 1. The number of hydrogen-bond acceptors (Lipinski definition) is 27. The molecular weight excluding hydrogens is 904 g/mol. The Morgan fingerprint density at radius 3 is 1.41 bits per heavy atom. The van der Waals surface area contributed by atoms with Gasteiger partial charge in [-0.15, -0.1) is 0 Å². The van der Waals surface area contributed by atoms with Crippen LogP contribution in [0.5, 0.6) is 0 Å². The molecule has 5 aliphatic rings. The Labute approximate surface area is 375 Å². The van der Waals surface area contributed by atoms with Crippen LogP contribution in [-0.2, 0) is 57.0 Å². The summed E-state index contributed by atoms with van der Waals surface area (Å²) in [5.41, 5.74) is 5.50. The molecule has 29 heteroatoms. The molecule has 5 rings (SSSR count). The van der Waals surface area contributed by atoms with Gasteiger partial charge in [0.05, 0.1) is 26.4 Å². The number of nitrogens with two attached hydrogens (primary N) is 1. The lowest BCUT2D eigenvalue weighted by molar-refractivity contribution is -0.386. The number of carbonyl (C=O) groups excluding carboxylic acids is 1. The van der Waals surface area contributed by atoms with E-state index in [9.17, 15) is 86.2 Å². The first-order valence-electron chi connectivity index (χ1n) is 21.3. The number of ether oxygens (including phenoxy) is 10. The largest absolute Gasteiger partial charge is 0.479 e. The first kappa shape index (κ1) is 54.9. The Balaban J connectivity index is 1.32. The third-order valence-corrected chi connectivity index (χ3v) is 11.8. The van der Waals surface area contributed by atoms with Crippen LogP contribution in [0.25, 0.3) is 0 Å². The van der Waals surface area contributed by atoms with Gasteiger partial charge in [-0.25, -0.2) is 4.79 Å². The van der Waals surface area contributed by atoms with Crippen molar-refractivity contribution in [3.05, 3.63) is 0 Å². The molecule has 18 N–H and O–H groups in total.